The number of anilines is 1. The van der Waals surface area contributed by atoms with E-state index in [2.05, 4.69) is 10.3 Å². The number of carbonyl (C=O) groups is 1. The maximum Gasteiger partial charge on any atom is 0.338 e. The number of hydrogen-bond donors (Lipinski definition) is 2. The molecule has 0 aliphatic rings. The lowest BCUT2D eigenvalue weighted by molar-refractivity contribution is 0.0692. The Hall–Kier alpha value is -2.50. The van der Waals surface area contributed by atoms with E-state index in [0.29, 0.717) is 13.0 Å². The second-order valence-corrected chi connectivity index (χ2v) is 4.13. The third kappa shape index (κ3) is 3.28. The van der Waals surface area contributed by atoms with Crippen LogP contribution in [0, 0.1) is 11.6 Å². The third-order valence-electron chi connectivity index (χ3n) is 2.74. The van der Waals surface area contributed by atoms with Gasteiger partial charge in [-0.1, -0.05) is 12.1 Å². The highest BCUT2D eigenvalue weighted by Gasteiger charge is 2.14. The molecule has 1 aromatic carbocycles. The fourth-order valence-electron chi connectivity index (χ4n) is 1.71. The Morgan fingerprint density at radius 3 is 2.55 bits per heavy atom. The van der Waals surface area contributed by atoms with Gasteiger partial charge in [0.1, 0.15) is 11.4 Å². The summed E-state index contributed by atoms with van der Waals surface area (Å²) in [6, 6.07) is 7.06. The number of aromatic nitrogens is 1. The van der Waals surface area contributed by atoms with E-state index in [1.54, 1.807) is 12.1 Å². The first-order valence-corrected chi connectivity index (χ1v) is 5.94. The lowest BCUT2D eigenvalue weighted by Gasteiger charge is -2.08. The summed E-state index contributed by atoms with van der Waals surface area (Å²) in [5.74, 6) is -2.65. The van der Waals surface area contributed by atoms with Crippen LogP contribution in [0.1, 0.15) is 15.9 Å². The summed E-state index contributed by atoms with van der Waals surface area (Å²) < 4.78 is 26.5. The van der Waals surface area contributed by atoms with Crippen LogP contribution in [0.2, 0.25) is 0 Å². The second-order valence-electron chi connectivity index (χ2n) is 4.13. The first kappa shape index (κ1) is 13.9. The molecule has 0 atom stereocenters. The number of halogens is 2. The van der Waals surface area contributed by atoms with Crippen molar-refractivity contribution >= 4 is 11.8 Å². The Labute approximate surface area is 114 Å². The van der Waals surface area contributed by atoms with E-state index in [1.165, 1.54) is 18.3 Å². The van der Waals surface area contributed by atoms with Gasteiger partial charge in [-0.05, 0) is 30.2 Å². The molecule has 0 saturated carbocycles. The normalized spacial score (nSPS) is 10.3. The lowest BCUT2D eigenvalue weighted by Crippen LogP contribution is -2.11. The highest BCUT2D eigenvalue weighted by Crippen LogP contribution is 2.15. The number of carboxylic acid groups (broad SMARTS) is 1. The molecule has 0 bridgehead atoms. The van der Waals surface area contributed by atoms with Crippen LogP contribution in [0.15, 0.2) is 36.5 Å². The van der Waals surface area contributed by atoms with E-state index in [1.807, 2.05) is 0 Å². The molecule has 0 fully saturated rings. The van der Waals surface area contributed by atoms with Gasteiger partial charge in [0.15, 0.2) is 11.6 Å². The first-order valence-electron chi connectivity index (χ1n) is 5.94. The molecular weight excluding hydrogens is 266 g/mol. The Balaban J connectivity index is 1.99. The minimum absolute atomic E-state index is 0.105. The van der Waals surface area contributed by atoms with Crippen LogP contribution in [0.25, 0.3) is 0 Å². The summed E-state index contributed by atoms with van der Waals surface area (Å²) >= 11 is 0. The zero-order valence-electron chi connectivity index (χ0n) is 10.4. The average Bonchev–Trinajstić information content (AvgIpc) is 2.42. The predicted molar refractivity (Wildman–Crippen MR) is 69.7 cm³/mol. The van der Waals surface area contributed by atoms with Gasteiger partial charge in [0.2, 0.25) is 0 Å². The molecule has 2 N–H and O–H groups in total. The summed E-state index contributed by atoms with van der Waals surface area (Å²) in [5, 5.41) is 11.5. The second kappa shape index (κ2) is 6.10. The molecule has 0 unspecified atom stereocenters. The number of pyridine rings is 1. The van der Waals surface area contributed by atoms with Crippen molar-refractivity contribution in [3.05, 3.63) is 59.3 Å². The molecule has 6 heteroatoms. The van der Waals surface area contributed by atoms with Crippen LogP contribution in [0.4, 0.5) is 14.6 Å². The number of nitrogens with one attached hydrogen (secondary N) is 1. The van der Waals surface area contributed by atoms with Crippen molar-refractivity contribution in [1.82, 2.24) is 4.98 Å². The van der Waals surface area contributed by atoms with Gasteiger partial charge in [-0.25, -0.2) is 18.6 Å². The molecule has 0 spiro atoms. The van der Waals surface area contributed by atoms with Gasteiger partial charge >= 0.3 is 5.97 Å². The molecule has 0 saturated heterocycles. The van der Waals surface area contributed by atoms with E-state index in [9.17, 15) is 13.6 Å². The highest BCUT2D eigenvalue weighted by atomic mass is 19.1. The Morgan fingerprint density at radius 1 is 1.20 bits per heavy atom. The largest absolute Gasteiger partial charge is 0.478 e. The topological polar surface area (TPSA) is 62.2 Å². The fourth-order valence-corrected chi connectivity index (χ4v) is 1.71. The molecule has 2 aromatic rings. The molecule has 4 nitrogen and oxygen atoms in total. The summed E-state index contributed by atoms with van der Waals surface area (Å²) in [4.78, 5) is 14.5. The zero-order chi connectivity index (χ0) is 14.5. The monoisotopic (exact) mass is 278 g/mol. The Morgan fingerprint density at radius 2 is 1.90 bits per heavy atom. The van der Waals surface area contributed by atoms with Crippen LogP contribution in [0.5, 0.6) is 0 Å². The minimum Gasteiger partial charge on any atom is -0.478 e. The van der Waals surface area contributed by atoms with Gasteiger partial charge in [0.25, 0.3) is 0 Å². The van der Waals surface area contributed by atoms with E-state index in [0.717, 1.165) is 11.6 Å². The molecule has 1 aromatic heterocycles. The third-order valence-corrected chi connectivity index (χ3v) is 2.74. The number of benzene rings is 1. The molecule has 0 amide bonds. The highest BCUT2D eigenvalue weighted by molar-refractivity contribution is 5.88. The molecule has 104 valence electrons. The van der Waals surface area contributed by atoms with Crippen LogP contribution in [0.3, 0.4) is 0 Å². The molecule has 0 aliphatic heterocycles. The fraction of sp³-hybridized carbons (Fsp3) is 0.143. The number of aromatic carboxylic acids is 1. The van der Waals surface area contributed by atoms with Gasteiger partial charge in [-0.15, -0.1) is 0 Å². The molecular formula is C14H12F2N2O2. The first-order chi connectivity index (χ1) is 9.58. The average molecular weight is 278 g/mol. The standard InChI is InChI=1S/C14H12F2N2O2/c15-10-3-1-9(2-4-10)5-7-17-13-12(16)11(14(19)20)6-8-18-13/h1-4,6,8H,5,7H2,(H,17,18)(H,19,20). The van der Waals surface area contributed by atoms with Gasteiger partial charge in [0, 0.05) is 12.7 Å². The number of carboxylic acids is 1. The van der Waals surface area contributed by atoms with Crippen molar-refractivity contribution in [1.29, 1.82) is 0 Å². The van der Waals surface area contributed by atoms with Gasteiger partial charge in [-0.3, -0.25) is 0 Å². The molecule has 20 heavy (non-hydrogen) atoms. The molecule has 1 heterocycles. The van der Waals surface area contributed by atoms with Crippen molar-refractivity contribution in [3.63, 3.8) is 0 Å². The minimum atomic E-state index is -1.34. The molecule has 2 rings (SSSR count). The molecule has 0 radical (unpaired) electrons. The smallest absolute Gasteiger partial charge is 0.338 e. The SMILES string of the molecule is O=C(O)c1ccnc(NCCc2ccc(F)cc2)c1F. The van der Waals surface area contributed by atoms with E-state index in [4.69, 9.17) is 5.11 Å². The van der Waals surface area contributed by atoms with Crippen molar-refractivity contribution in [2.24, 2.45) is 0 Å². The molecule has 0 aliphatic carbocycles. The van der Waals surface area contributed by atoms with E-state index in [-0.39, 0.29) is 11.6 Å². The lowest BCUT2D eigenvalue weighted by atomic mass is 10.1. The number of rotatable bonds is 5. The van der Waals surface area contributed by atoms with E-state index >= 15 is 0 Å². The van der Waals surface area contributed by atoms with Crippen molar-refractivity contribution in [2.75, 3.05) is 11.9 Å². The van der Waals surface area contributed by atoms with Crippen molar-refractivity contribution in [2.45, 2.75) is 6.42 Å². The van der Waals surface area contributed by atoms with Crippen molar-refractivity contribution in [3.8, 4) is 0 Å². The Kier molecular flexibility index (Phi) is 4.24. The van der Waals surface area contributed by atoms with Gasteiger partial charge in [-0.2, -0.15) is 0 Å². The summed E-state index contributed by atoms with van der Waals surface area (Å²) in [5.41, 5.74) is 0.456. The number of nitrogens with zero attached hydrogens (tertiary/aromatic N) is 1. The Bertz CT molecular complexity index is 615. The van der Waals surface area contributed by atoms with Crippen molar-refractivity contribution < 1.29 is 18.7 Å². The van der Waals surface area contributed by atoms with Crippen LogP contribution in [-0.4, -0.2) is 22.6 Å². The predicted octanol–water partition coefficient (Wildman–Crippen LogP) is 2.71. The summed E-state index contributed by atoms with van der Waals surface area (Å²) in [7, 11) is 0. The maximum atomic E-state index is 13.7. The van der Waals surface area contributed by atoms with Crippen LogP contribution >= 0.6 is 0 Å². The van der Waals surface area contributed by atoms with Gasteiger partial charge in [0.05, 0.1) is 0 Å². The van der Waals surface area contributed by atoms with Crippen LogP contribution < -0.4 is 5.32 Å². The maximum absolute atomic E-state index is 13.7. The van der Waals surface area contributed by atoms with E-state index < -0.39 is 17.3 Å². The summed E-state index contributed by atoms with van der Waals surface area (Å²) in [6.45, 7) is 0.360. The zero-order valence-corrected chi connectivity index (χ0v) is 10.4. The quantitative estimate of drug-likeness (QED) is 0.882. The van der Waals surface area contributed by atoms with Gasteiger partial charge < -0.3 is 10.4 Å². The summed E-state index contributed by atoms with van der Waals surface area (Å²) in [6.07, 6.45) is 1.77. The van der Waals surface area contributed by atoms with Crippen LogP contribution in [-0.2, 0) is 6.42 Å². The number of hydrogen-bond acceptors (Lipinski definition) is 3.